The molecule has 1 saturated heterocycles. The van der Waals surface area contributed by atoms with E-state index in [1.165, 1.54) is 6.07 Å². The van der Waals surface area contributed by atoms with E-state index in [0.29, 0.717) is 16.9 Å². The highest BCUT2D eigenvalue weighted by Gasteiger charge is 2.38. The Morgan fingerprint density at radius 2 is 1.87 bits per heavy atom. The summed E-state index contributed by atoms with van der Waals surface area (Å²) in [5.74, 6) is 0.459. The summed E-state index contributed by atoms with van der Waals surface area (Å²) in [6.07, 6.45) is -2.39. The molecule has 0 aliphatic carbocycles. The molecule has 4 rings (SSSR count). The van der Waals surface area contributed by atoms with E-state index >= 15 is 0 Å². The quantitative estimate of drug-likeness (QED) is 0.297. The van der Waals surface area contributed by atoms with Crippen LogP contribution in [-0.4, -0.2) is 65.4 Å². The zero-order valence-electron chi connectivity index (χ0n) is 22.3. The SMILES string of the molecule is CCOc1c(-c2ccc(OC)cc2)oc2c(CC=C(C)C)c(OC3OC(CO)C(O)C[C@@H]3O)cc(O)c2c1=O. The molecule has 1 aromatic heterocycles. The Morgan fingerprint density at radius 1 is 1.15 bits per heavy atom. The molecule has 0 spiro atoms. The Morgan fingerprint density at radius 3 is 2.49 bits per heavy atom. The van der Waals surface area contributed by atoms with Gasteiger partial charge in [-0.2, -0.15) is 0 Å². The van der Waals surface area contributed by atoms with Crippen LogP contribution in [0, 0.1) is 0 Å². The van der Waals surface area contributed by atoms with Gasteiger partial charge in [0.1, 0.15) is 40.4 Å². The Bertz CT molecular complexity index is 1390. The molecule has 39 heavy (non-hydrogen) atoms. The number of hydrogen-bond donors (Lipinski definition) is 4. The minimum Gasteiger partial charge on any atom is -0.507 e. The van der Waals surface area contributed by atoms with Gasteiger partial charge in [-0.05, 0) is 51.5 Å². The molecule has 0 saturated carbocycles. The third-order valence-corrected chi connectivity index (χ3v) is 6.48. The molecular formula is C29H34O10. The van der Waals surface area contributed by atoms with Crippen molar-refractivity contribution >= 4 is 11.0 Å². The van der Waals surface area contributed by atoms with Gasteiger partial charge in [-0.3, -0.25) is 4.79 Å². The molecule has 210 valence electrons. The zero-order valence-corrected chi connectivity index (χ0v) is 22.3. The molecule has 3 unspecified atom stereocenters. The molecule has 0 amide bonds. The fraction of sp³-hybridized carbons (Fsp3) is 0.414. The van der Waals surface area contributed by atoms with Gasteiger partial charge in [-0.1, -0.05) is 11.6 Å². The van der Waals surface area contributed by atoms with Crippen molar-refractivity contribution in [3.8, 4) is 34.3 Å². The maximum absolute atomic E-state index is 13.7. The van der Waals surface area contributed by atoms with Crippen LogP contribution >= 0.6 is 0 Å². The molecule has 3 aromatic rings. The van der Waals surface area contributed by atoms with E-state index in [-0.39, 0.29) is 47.7 Å². The summed E-state index contributed by atoms with van der Waals surface area (Å²) in [5.41, 5.74) is 1.52. The van der Waals surface area contributed by atoms with Gasteiger partial charge in [0.05, 0.1) is 26.4 Å². The average Bonchev–Trinajstić information content (AvgIpc) is 2.91. The standard InChI is InChI=1S/C29H34O10/c1-5-36-28-25(34)24-20(32)13-22(37-29-21(33)12-19(31)23(14-30)38-29)18(11-6-15(2)3)27(24)39-26(28)16-7-9-17(35-4)10-8-16/h6-10,13,19,21,23,29-33H,5,11-12,14H2,1-4H3/t19?,21-,23?,29?/m0/s1. The summed E-state index contributed by atoms with van der Waals surface area (Å²) in [5, 5.41) is 41.0. The second-order valence-corrected chi connectivity index (χ2v) is 9.53. The molecule has 1 aliphatic rings. The number of aliphatic hydroxyl groups is 3. The number of aromatic hydroxyl groups is 1. The second-order valence-electron chi connectivity index (χ2n) is 9.53. The van der Waals surface area contributed by atoms with E-state index in [0.717, 1.165) is 5.57 Å². The zero-order chi connectivity index (χ0) is 28.3. The highest BCUT2D eigenvalue weighted by atomic mass is 16.7. The maximum Gasteiger partial charge on any atom is 0.239 e. The van der Waals surface area contributed by atoms with Crippen LogP contribution < -0.4 is 19.6 Å². The molecule has 2 heterocycles. The van der Waals surface area contributed by atoms with Crippen molar-refractivity contribution in [2.24, 2.45) is 0 Å². The third-order valence-electron chi connectivity index (χ3n) is 6.48. The van der Waals surface area contributed by atoms with Crippen LogP contribution in [0.1, 0.15) is 32.8 Å². The van der Waals surface area contributed by atoms with Crippen LogP contribution in [0.5, 0.6) is 23.0 Å². The van der Waals surface area contributed by atoms with Crippen molar-refractivity contribution in [1.29, 1.82) is 0 Å². The van der Waals surface area contributed by atoms with E-state index in [2.05, 4.69) is 0 Å². The monoisotopic (exact) mass is 542 g/mol. The first-order valence-corrected chi connectivity index (χ1v) is 12.7. The number of fused-ring (bicyclic) bond motifs is 1. The van der Waals surface area contributed by atoms with Crippen molar-refractivity contribution in [2.75, 3.05) is 20.3 Å². The van der Waals surface area contributed by atoms with E-state index in [4.69, 9.17) is 23.4 Å². The molecule has 10 heteroatoms. The van der Waals surface area contributed by atoms with Gasteiger partial charge in [0, 0.05) is 23.6 Å². The van der Waals surface area contributed by atoms with E-state index < -0.39 is 42.4 Å². The predicted octanol–water partition coefficient (Wildman–Crippen LogP) is 3.29. The summed E-state index contributed by atoms with van der Waals surface area (Å²) in [6.45, 7) is 5.29. The van der Waals surface area contributed by atoms with Gasteiger partial charge in [0.2, 0.25) is 17.5 Å². The minimum atomic E-state index is -1.25. The number of methoxy groups -OCH3 is 1. The largest absolute Gasteiger partial charge is 0.507 e. The smallest absolute Gasteiger partial charge is 0.239 e. The molecule has 4 atom stereocenters. The maximum atomic E-state index is 13.7. The molecule has 2 aromatic carbocycles. The molecule has 4 N–H and O–H groups in total. The first-order valence-electron chi connectivity index (χ1n) is 12.7. The average molecular weight is 543 g/mol. The van der Waals surface area contributed by atoms with Crippen LogP contribution in [0.2, 0.25) is 0 Å². The van der Waals surface area contributed by atoms with E-state index in [1.54, 1.807) is 38.3 Å². The van der Waals surface area contributed by atoms with Crippen molar-refractivity contribution in [3.05, 3.63) is 57.8 Å². The summed E-state index contributed by atoms with van der Waals surface area (Å²) >= 11 is 0. The fourth-order valence-corrected chi connectivity index (χ4v) is 4.43. The lowest BCUT2D eigenvalue weighted by Gasteiger charge is -2.36. The van der Waals surface area contributed by atoms with Gasteiger partial charge in [-0.25, -0.2) is 0 Å². The fourth-order valence-electron chi connectivity index (χ4n) is 4.43. The number of phenols is 1. The van der Waals surface area contributed by atoms with Crippen molar-refractivity contribution in [3.63, 3.8) is 0 Å². The molecular weight excluding hydrogens is 508 g/mol. The van der Waals surface area contributed by atoms with E-state index in [1.807, 2.05) is 19.9 Å². The minimum absolute atomic E-state index is 0.0434. The van der Waals surface area contributed by atoms with Crippen LogP contribution in [0.25, 0.3) is 22.3 Å². The van der Waals surface area contributed by atoms with Crippen molar-refractivity contribution in [2.45, 2.75) is 58.2 Å². The van der Waals surface area contributed by atoms with Gasteiger partial charge in [0.15, 0.2) is 5.76 Å². The molecule has 0 bridgehead atoms. The van der Waals surface area contributed by atoms with Crippen LogP contribution in [0.3, 0.4) is 0 Å². The Hall–Kier alpha value is -3.57. The molecule has 0 radical (unpaired) electrons. The van der Waals surface area contributed by atoms with Gasteiger partial charge in [-0.15, -0.1) is 0 Å². The summed E-state index contributed by atoms with van der Waals surface area (Å²) in [6, 6.07) is 8.18. The number of hydrogen-bond acceptors (Lipinski definition) is 10. The molecule has 10 nitrogen and oxygen atoms in total. The number of phenolic OH excluding ortho intramolecular Hbond substituents is 1. The van der Waals surface area contributed by atoms with E-state index in [9.17, 15) is 25.2 Å². The van der Waals surface area contributed by atoms with Crippen molar-refractivity contribution < 1.29 is 43.8 Å². The Labute approximate surface area is 225 Å². The summed E-state index contributed by atoms with van der Waals surface area (Å²) < 4.78 is 28.9. The van der Waals surface area contributed by atoms with Gasteiger partial charge >= 0.3 is 0 Å². The first-order chi connectivity index (χ1) is 18.7. The topological polar surface area (TPSA) is 148 Å². The lowest BCUT2D eigenvalue weighted by atomic mass is 10.0. The van der Waals surface area contributed by atoms with Gasteiger partial charge < -0.3 is 43.8 Å². The first kappa shape index (κ1) is 28.4. The number of aliphatic hydroxyl groups excluding tert-OH is 3. The summed E-state index contributed by atoms with van der Waals surface area (Å²) in [4.78, 5) is 13.7. The van der Waals surface area contributed by atoms with Crippen LogP contribution in [0.4, 0.5) is 0 Å². The second kappa shape index (κ2) is 12.1. The number of allylic oxidation sites excluding steroid dienone is 2. The van der Waals surface area contributed by atoms with Crippen molar-refractivity contribution in [1.82, 2.24) is 0 Å². The Balaban J connectivity index is 1.94. The third kappa shape index (κ3) is 5.89. The lowest BCUT2D eigenvalue weighted by Crippen LogP contribution is -2.51. The molecule has 1 fully saturated rings. The van der Waals surface area contributed by atoms with Gasteiger partial charge in [0.25, 0.3) is 0 Å². The number of benzene rings is 2. The predicted molar refractivity (Wildman–Crippen MR) is 143 cm³/mol. The number of ether oxygens (including phenoxy) is 4. The highest BCUT2D eigenvalue weighted by molar-refractivity contribution is 5.91. The Kier molecular flexibility index (Phi) is 8.81. The van der Waals surface area contributed by atoms with Crippen LogP contribution in [-0.2, 0) is 11.2 Å². The summed E-state index contributed by atoms with van der Waals surface area (Å²) in [7, 11) is 1.55. The highest BCUT2D eigenvalue weighted by Crippen LogP contribution is 2.41. The van der Waals surface area contributed by atoms with Crippen LogP contribution in [0.15, 0.2) is 51.2 Å². The number of rotatable bonds is 9. The molecule has 1 aliphatic heterocycles. The lowest BCUT2D eigenvalue weighted by molar-refractivity contribution is -0.240. The normalized spacial score (nSPS) is 21.0.